The number of quaternary nitrogens is 1. The molecule has 0 bridgehead atoms. The summed E-state index contributed by atoms with van der Waals surface area (Å²) >= 11 is 4.70. The van der Waals surface area contributed by atoms with Crippen molar-refractivity contribution >= 4 is 18.5 Å². The van der Waals surface area contributed by atoms with Gasteiger partial charge in [0.1, 0.15) is 13.1 Å². The van der Waals surface area contributed by atoms with Gasteiger partial charge in [-0.1, -0.05) is 6.08 Å². The second kappa shape index (κ2) is 6.76. The van der Waals surface area contributed by atoms with Gasteiger partial charge in [-0.3, -0.25) is 4.79 Å². The largest absolute Gasteiger partial charge is 0.763 e. The Hall–Kier alpha value is -0.650. The molecule has 0 unspecified atom stereocenters. The maximum Gasteiger partial charge on any atom is 0.222 e. The molecule has 2 aliphatic heterocycles. The van der Waals surface area contributed by atoms with Crippen molar-refractivity contribution in [2.45, 2.75) is 12.8 Å². The molecule has 2 rings (SSSR count). The molecule has 2 N–H and O–H groups in total. The van der Waals surface area contributed by atoms with Crippen LogP contribution in [0.3, 0.4) is 0 Å². The Morgan fingerprint density at radius 2 is 2.13 bits per heavy atom. The highest BCUT2D eigenvalue weighted by Crippen LogP contribution is 2.01. The van der Waals surface area contributed by atoms with Crippen molar-refractivity contribution in [3.63, 3.8) is 0 Å². The number of ether oxygens (including phenoxy) is 1. The van der Waals surface area contributed by atoms with Crippen LogP contribution in [0, 0.1) is 0 Å². The van der Waals surface area contributed by atoms with E-state index in [1.807, 2.05) is 6.08 Å². The lowest BCUT2D eigenvalue weighted by Gasteiger charge is -2.18. The molecule has 2 aliphatic rings. The van der Waals surface area contributed by atoms with E-state index in [0.29, 0.717) is 11.4 Å². The second-order valence-electron chi connectivity index (χ2n) is 3.72. The topological polar surface area (TPSA) is 42.8 Å². The highest BCUT2D eigenvalue weighted by Gasteiger charge is 2.06. The van der Waals surface area contributed by atoms with E-state index in [4.69, 9.17) is 17.4 Å². The Balaban J connectivity index is 0.000000151. The van der Waals surface area contributed by atoms with Crippen LogP contribution in [0.25, 0.3) is 0 Å². The third-order valence-corrected chi connectivity index (χ3v) is 2.58. The van der Waals surface area contributed by atoms with Crippen LogP contribution in [-0.2, 0) is 22.2 Å². The Morgan fingerprint density at radius 1 is 1.47 bits per heavy atom. The number of amides is 1. The molecule has 0 atom stereocenters. The van der Waals surface area contributed by atoms with Crippen molar-refractivity contribution < 1.29 is 14.4 Å². The molecule has 0 spiro atoms. The normalized spacial score (nSPS) is 22.2. The average molecular weight is 230 g/mol. The summed E-state index contributed by atoms with van der Waals surface area (Å²) in [6, 6.07) is 0. The molecule has 5 heteroatoms. The monoisotopic (exact) mass is 230 g/mol. The maximum absolute atomic E-state index is 10.5. The van der Waals surface area contributed by atoms with E-state index in [9.17, 15) is 4.79 Å². The third-order valence-electron chi connectivity index (χ3n) is 2.31. The van der Waals surface area contributed by atoms with Gasteiger partial charge >= 0.3 is 0 Å². The second-order valence-corrected chi connectivity index (χ2v) is 4.16. The van der Waals surface area contributed by atoms with Crippen LogP contribution in [0.5, 0.6) is 0 Å². The van der Waals surface area contributed by atoms with E-state index in [1.165, 1.54) is 13.1 Å². The molecular weight excluding hydrogens is 212 g/mol. The van der Waals surface area contributed by atoms with Gasteiger partial charge in [0.15, 0.2) is 0 Å². The zero-order valence-electron chi connectivity index (χ0n) is 9.04. The molecule has 0 aromatic heterocycles. The lowest BCUT2D eigenvalue weighted by Crippen LogP contribution is -3.11. The summed E-state index contributed by atoms with van der Waals surface area (Å²) < 4.78 is 5.12. The first-order valence-corrected chi connectivity index (χ1v) is 5.65. The van der Waals surface area contributed by atoms with Gasteiger partial charge in [-0.05, 0) is 6.42 Å². The van der Waals surface area contributed by atoms with Crippen LogP contribution in [0.4, 0.5) is 0 Å². The summed E-state index contributed by atoms with van der Waals surface area (Å²) in [4.78, 5) is 12.0. The predicted octanol–water partition coefficient (Wildman–Crippen LogP) is -1.18. The minimum atomic E-state index is 0.0394. The zero-order chi connectivity index (χ0) is 11.1. The van der Waals surface area contributed by atoms with Crippen LogP contribution < -0.4 is 10.2 Å². The molecule has 15 heavy (non-hydrogen) atoms. The van der Waals surface area contributed by atoms with Gasteiger partial charge in [0.25, 0.3) is 0 Å². The number of nitrogens with one attached hydrogen (secondary N) is 2. The number of morpholine rings is 1. The van der Waals surface area contributed by atoms with Crippen LogP contribution in [0.1, 0.15) is 12.8 Å². The minimum absolute atomic E-state index is 0.0394. The molecular formula is C10H18N2O2S. The summed E-state index contributed by atoms with van der Waals surface area (Å²) in [6.07, 6.45) is 3.22. The van der Waals surface area contributed by atoms with Gasteiger partial charge in [0.05, 0.1) is 20.3 Å². The van der Waals surface area contributed by atoms with E-state index in [-0.39, 0.29) is 5.91 Å². The van der Waals surface area contributed by atoms with Gasteiger partial charge < -0.3 is 27.6 Å². The number of allylic oxidation sites excluding steroid dienone is 1. The Labute approximate surface area is 96.1 Å². The van der Waals surface area contributed by atoms with Crippen LogP contribution in [-0.4, -0.2) is 39.3 Å². The zero-order valence-corrected chi connectivity index (χ0v) is 9.86. The molecule has 2 heterocycles. The van der Waals surface area contributed by atoms with E-state index >= 15 is 0 Å². The number of rotatable bonds is 0. The molecule has 0 saturated carbocycles. The highest BCUT2D eigenvalue weighted by molar-refractivity contribution is 7.63. The van der Waals surface area contributed by atoms with Crippen molar-refractivity contribution in [1.29, 1.82) is 0 Å². The first-order valence-electron chi connectivity index (χ1n) is 5.24. The summed E-state index contributed by atoms with van der Waals surface area (Å²) in [5.74, 6) is 0.0394. The predicted molar refractivity (Wildman–Crippen MR) is 60.3 cm³/mol. The van der Waals surface area contributed by atoms with Crippen molar-refractivity contribution in [1.82, 2.24) is 5.32 Å². The van der Waals surface area contributed by atoms with Gasteiger partial charge in [0.2, 0.25) is 5.91 Å². The molecule has 1 amide bonds. The molecule has 0 radical (unpaired) electrons. The SMILES string of the molecule is C[NH+]1CCOCC1.O=C1CCC=C([S-])N1. The van der Waals surface area contributed by atoms with Gasteiger partial charge in [-0.15, -0.1) is 5.03 Å². The summed E-state index contributed by atoms with van der Waals surface area (Å²) in [5.41, 5.74) is 0. The maximum atomic E-state index is 10.5. The average Bonchev–Trinajstić information content (AvgIpc) is 2.19. The lowest BCUT2D eigenvalue weighted by molar-refractivity contribution is -0.888. The standard InChI is InChI=1S/C5H7NOS.C5H11NO/c7-4-2-1-3-5(8)6-4;1-6-2-4-7-5-3-6/h3,8H,1-2H2,(H,6,7);2-5H2,1H3. The number of hydrogen-bond donors (Lipinski definition) is 2. The number of carbonyl (C=O) groups is 1. The molecule has 1 fully saturated rings. The first kappa shape index (κ1) is 12.4. The van der Waals surface area contributed by atoms with Gasteiger partial charge in [-0.2, -0.15) is 0 Å². The van der Waals surface area contributed by atoms with Crippen molar-refractivity contribution in [3.8, 4) is 0 Å². The molecule has 4 nitrogen and oxygen atoms in total. The fourth-order valence-corrected chi connectivity index (χ4v) is 1.54. The summed E-state index contributed by atoms with van der Waals surface area (Å²) in [5, 5.41) is 3.09. The minimum Gasteiger partial charge on any atom is -0.763 e. The number of carbonyl (C=O) groups excluding carboxylic acids is 1. The highest BCUT2D eigenvalue weighted by atomic mass is 32.1. The quantitative estimate of drug-likeness (QED) is 0.515. The Kier molecular flexibility index (Phi) is 5.60. The van der Waals surface area contributed by atoms with Crippen LogP contribution in [0.2, 0.25) is 0 Å². The molecule has 0 aromatic carbocycles. The van der Waals surface area contributed by atoms with Gasteiger partial charge in [0, 0.05) is 6.42 Å². The van der Waals surface area contributed by atoms with Crippen molar-refractivity contribution in [2.24, 2.45) is 0 Å². The van der Waals surface area contributed by atoms with E-state index in [1.54, 1.807) is 4.90 Å². The Morgan fingerprint density at radius 3 is 2.47 bits per heavy atom. The fraction of sp³-hybridized carbons (Fsp3) is 0.700. The van der Waals surface area contributed by atoms with Gasteiger partial charge in [-0.25, -0.2) is 0 Å². The van der Waals surface area contributed by atoms with E-state index in [2.05, 4.69) is 12.4 Å². The molecule has 86 valence electrons. The fourth-order valence-electron chi connectivity index (χ4n) is 1.31. The first-order chi connectivity index (χ1) is 7.18. The van der Waals surface area contributed by atoms with Crippen LogP contribution >= 0.6 is 0 Å². The van der Waals surface area contributed by atoms with Crippen LogP contribution in [0.15, 0.2) is 11.1 Å². The van der Waals surface area contributed by atoms with Crippen molar-refractivity contribution in [2.75, 3.05) is 33.4 Å². The summed E-state index contributed by atoms with van der Waals surface area (Å²) in [6.45, 7) is 4.26. The molecule has 0 aromatic rings. The molecule has 0 aliphatic carbocycles. The number of likely N-dealkylation sites (N-methyl/N-ethyl adjacent to an activating group) is 1. The Bertz CT molecular complexity index is 238. The smallest absolute Gasteiger partial charge is 0.222 e. The van der Waals surface area contributed by atoms with E-state index < -0.39 is 0 Å². The molecule has 1 saturated heterocycles. The van der Waals surface area contributed by atoms with Crippen molar-refractivity contribution in [3.05, 3.63) is 11.1 Å². The number of hydrogen-bond acceptors (Lipinski definition) is 3. The van der Waals surface area contributed by atoms with E-state index in [0.717, 1.165) is 19.6 Å². The third kappa shape index (κ3) is 5.71. The summed E-state index contributed by atoms with van der Waals surface area (Å²) in [7, 11) is 2.20. The lowest BCUT2D eigenvalue weighted by atomic mass is 10.2.